The Morgan fingerprint density at radius 3 is 2.50 bits per heavy atom. The van der Waals surface area contributed by atoms with Gasteiger partial charge in [0.1, 0.15) is 5.82 Å². The lowest BCUT2D eigenvalue weighted by Crippen LogP contribution is -2.48. The van der Waals surface area contributed by atoms with Crippen molar-refractivity contribution in [3.63, 3.8) is 0 Å². The molecule has 0 saturated carbocycles. The number of rotatable bonds is 2. The van der Waals surface area contributed by atoms with Crippen LogP contribution in [-0.4, -0.2) is 24.0 Å². The van der Waals surface area contributed by atoms with Crippen molar-refractivity contribution in [2.45, 2.75) is 50.7 Å². The van der Waals surface area contributed by atoms with Crippen LogP contribution in [-0.2, 0) is 0 Å². The largest absolute Gasteiger partial charge is 0.349 e. The fourth-order valence-corrected chi connectivity index (χ4v) is 3.31. The summed E-state index contributed by atoms with van der Waals surface area (Å²) in [5.41, 5.74) is 1.19. The maximum absolute atomic E-state index is 13.3. The molecule has 0 aromatic heterocycles. The molecule has 20 heavy (non-hydrogen) atoms. The summed E-state index contributed by atoms with van der Waals surface area (Å²) in [4.78, 5) is 12.2. The Morgan fingerprint density at radius 1 is 1.25 bits per heavy atom. The normalized spacial score (nSPS) is 27.8. The number of halogens is 2. The summed E-state index contributed by atoms with van der Waals surface area (Å²) in [6, 6.07) is 5.76. The second kappa shape index (κ2) is 6.10. The van der Waals surface area contributed by atoms with Crippen LogP contribution in [0, 0.1) is 12.7 Å². The zero-order valence-corrected chi connectivity index (χ0v) is 12.3. The molecule has 2 bridgehead atoms. The molecule has 5 heteroatoms. The average molecular weight is 299 g/mol. The molecule has 2 N–H and O–H groups in total. The first-order valence-electron chi connectivity index (χ1n) is 6.94. The average Bonchev–Trinajstić information content (AvgIpc) is 2.67. The summed E-state index contributed by atoms with van der Waals surface area (Å²) in [6.45, 7) is 1.80. The Bertz CT molecular complexity index is 476. The maximum atomic E-state index is 13.3. The minimum absolute atomic E-state index is 0. The highest BCUT2D eigenvalue weighted by molar-refractivity contribution is 5.94. The predicted octanol–water partition coefficient (Wildman–Crippen LogP) is 2.57. The number of aryl methyl sites for hydroxylation is 1. The second-order valence-electron chi connectivity index (χ2n) is 5.80. The molecule has 0 radical (unpaired) electrons. The van der Waals surface area contributed by atoms with Crippen molar-refractivity contribution in [2.24, 2.45) is 0 Å². The van der Waals surface area contributed by atoms with Gasteiger partial charge in [-0.1, -0.05) is 0 Å². The fourth-order valence-electron chi connectivity index (χ4n) is 3.31. The van der Waals surface area contributed by atoms with E-state index in [1.165, 1.54) is 25.0 Å². The van der Waals surface area contributed by atoms with Crippen molar-refractivity contribution in [2.75, 3.05) is 0 Å². The number of carbonyl (C=O) groups excluding carboxylic acids is 1. The van der Waals surface area contributed by atoms with Crippen LogP contribution in [0.4, 0.5) is 4.39 Å². The smallest absolute Gasteiger partial charge is 0.251 e. The number of fused-ring (bicyclic) bond motifs is 2. The summed E-state index contributed by atoms with van der Waals surface area (Å²) >= 11 is 0. The Balaban J connectivity index is 0.00000147. The number of hydrogen-bond donors (Lipinski definition) is 2. The standard InChI is InChI=1S/C15H19FN2O.ClH/c1-9-4-10(6-11(16)5-9)15(19)18-14-7-12-2-3-13(8-14)17-12;/h4-6,12-14,17H,2-3,7-8H2,1H3,(H,18,19);1H. The van der Waals surface area contributed by atoms with Gasteiger partial charge < -0.3 is 10.6 Å². The highest BCUT2D eigenvalue weighted by atomic mass is 35.5. The first kappa shape index (κ1) is 15.3. The molecule has 3 rings (SSSR count). The van der Waals surface area contributed by atoms with E-state index >= 15 is 0 Å². The number of hydrogen-bond acceptors (Lipinski definition) is 2. The topological polar surface area (TPSA) is 41.1 Å². The molecular formula is C15H20ClFN2O. The lowest BCUT2D eigenvalue weighted by Gasteiger charge is -2.29. The molecule has 2 saturated heterocycles. The molecule has 0 spiro atoms. The first-order valence-corrected chi connectivity index (χ1v) is 6.94. The van der Waals surface area contributed by atoms with Gasteiger partial charge in [-0.2, -0.15) is 0 Å². The maximum Gasteiger partial charge on any atom is 0.251 e. The Kier molecular flexibility index (Phi) is 4.66. The molecule has 2 aliphatic heterocycles. The molecule has 1 aromatic carbocycles. The van der Waals surface area contributed by atoms with Gasteiger partial charge >= 0.3 is 0 Å². The van der Waals surface area contributed by atoms with Gasteiger partial charge in [0.15, 0.2) is 0 Å². The number of nitrogens with one attached hydrogen (secondary N) is 2. The van der Waals surface area contributed by atoms with E-state index in [1.807, 2.05) is 0 Å². The zero-order valence-electron chi connectivity index (χ0n) is 11.5. The van der Waals surface area contributed by atoms with Crippen molar-refractivity contribution in [3.05, 3.63) is 35.1 Å². The van der Waals surface area contributed by atoms with E-state index < -0.39 is 0 Å². The van der Waals surface area contributed by atoms with E-state index in [1.54, 1.807) is 13.0 Å². The number of amides is 1. The van der Waals surface area contributed by atoms with Crippen LogP contribution in [0.2, 0.25) is 0 Å². The first-order chi connectivity index (χ1) is 9.10. The summed E-state index contributed by atoms with van der Waals surface area (Å²) in [5.74, 6) is -0.510. The summed E-state index contributed by atoms with van der Waals surface area (Å²) in [7, 11) is 0. The second-order valence-corrected chi connectivity index (χ2v) is 5.80. The molecule has 3 nitrogen and oxygen atoms in total. The van der Waals surface area contributed by atoms with E-state index in [9.17, 15) is 9.18 Å². The van der Waals surface area contributed by atoms with Gasteiger partial charge in [0.05, 0.1) is 0 Å². The molecule has 2 unspecified atom stereocenters. The van der Waals surface area contributed by atoms with Gasteiger partial charge in [0.2, 0.25) is 0 Å². The SMILES string of the molecule is Cc1cc(F)cc(C(=O)NC2CC3CCC(C2)N3)c1.Cl. The van der Waals surface area contributed by atoms with Gasteiger partial charge in [-0.3, -0.25) is 4.79 Å². The number of piperidine rings is 1. The summed E-state index contributed by atoms with van der Waals surface area (Å²) < 4.78 is 13.3. The highest BCUT2D eigenvalue weighted by Gasteiger charge is 2.34. The monoisotopic (exact) mass is 298 g/mol. The third kappa shape index (κ3) is 3.30. The fraction of sp³-hybridized carbons (Fsp3) is 0.533. The molecule has 2 heterocycles. The number of benzene rings is 1. The van der Waals surface area contributed by atoms with E-state index in [0.29, 0.717) is 17.6 Å². The van der Waals surface area contributed by atoms with Crippen molar-refractivity contribution < 1.29 is 9.18 Å². The van der Waals surface area contributed by atoms with Gasteiger partial charge in [0.25, 0.3) is 5.91 Å². The summed E-state index contributed by atoms with van der Waals surface area (Å²) in [5, 5.41) is 6.59. The van der Waals surface area contributed by atoms with Crippen molar-refractivity contribution in [1.82, 2.24) is 10.6 Å². The molecule has 0 aliphatic carbocycles. The Morgan fingerprint density at radius 2 is 1.90 bits per heavy atom. The van der Waals surface area contributed by atoms with Crippen LogP contribution < -0.4 is 10.6 Å². The zero-order chi connectivity index (χ0) is 13.4. The molecule has 110 valence electrons. The van der Waals surface area contributed by atoms with E-state index in [0.717, 1.165) is 18.4 Å². The molecule has 2 fully saturated rings. The van der Waals surface area contributed by atoms with Crippen LogP contribution in [0.15, 0.2) is 18.2 Å². The van der Waals surface area contributed by atoms with Crippen LogP contribution in [0.5, 0.6) is 0 Å². The van der Waals surface area contributed by atoms with Crippen LogP contribution in [0.25, 0.3) is 0 Å². The van der Waals surface area contributed by atoms with Crippen molar-refractivity contribution in [3.8, 4) is 0 Å². The lowest BCUT2D eigenvalue weighted by atomic mass is 9.99. The van der Waals surface area contributed by atoms with Crippen molar-refractivity contribution >= 4 is 18.3 Å². The molecule has 2 aliphatic rings. The minimum Gasteiger partial charge on any atom is -0.349 e. The van der Waals surface area contributed by atoms with E-state index in [-0.39, 0.29) is 30.2 Å². The third-order valence-electron chi connectivity index (χ3n) is 4.11. The Labute approximate surface area is 124 Å². The van der Waals surface area contributed by atoms with Gasteiger partial charge in [-0.05, 0) is 56.4 Å². The van der Waals surface area contributed by atoms with Crippen molar-refractivity contribution in [1.29, 1.82) is 0 Å². The molecule has 1 amide bonds. The predicted molar refractivity (Wildman–Crippen MR) is 78.8 cm³/mol. The lowest BCUT2D eigenvalue weighted by molar-refractivity contribution is 0.0923. The third-order valence-corrected chi connectivity index (χ3v) is 4.11. The van der Waals surface area contributed by atoms with E-state index in [4.69, 9.17) is 0 Å². The van der Waals surface area contributed by atoms with Crippen LogP contribution >= 0.6 is 12.4 Å². The minimum atomic E-state index is -0.351. The van der Waals surface area contributed by atoms with Gasteiger partial charge in [-0.25, -0.2) is 4.39 Å². The number of carbonyl (C=O) groups is 1. The van der Waals surface area contributed by atoms with Gasteiger partial charge in [-0.15, -0.1) is 12.4 Å². The molecular weight excluding hydrogens is 279 g/mol. The van der Waals surface area contributed by atoms with E-state index in [2.05, 4.69) is 10.6 Å². The quantitative estimate of drug-likeness (QED) is 0.881. The van der Waals surface area contributed by atoms with Crippen LogP contribution in [0.3, 0.4) is 0 Å². The van der Waals surface area contributed by atoms with Crippen LogP contribution in [0.1, 0.15) is 41.6 Å². The molecule has 1 aromatic rings. The van der Waals surface area contributed by atoms with Gasteiger partial charge in [0, 0.05) is 23.7 Å². The Hall–Kier alpha value is -1.13. The molecule has 2 atom stereocenters. The highest BCUT2D eigenvalue weighted by Crippen LogP contribution is 2.26. The summed E-state index contributed by atoms with van der Waals surface area (Å²) in [6.07, 6.45) is 4.37.